The third-order valence-corrected chi connectivity index (χ3v) is 4.47. The van der Waals surface area contributed by atoms with E-state index in [0.29, 0.717) is 5.75 Å². The first-order valence-corrected chi connectivity index (χ1v) is 9.28. The van der Waals surface area contributed by atoms with E-state index >= 15 is 0 Å². The van der Waals surface area contributed by atoms with Crippen LogP contribution >= 0.6 is 0 Å². The van der Waals surface area contributed by atoms with Crippen molar-refractivity contribution in [2.24, 2.45) is 0 Å². The molecule has 0 spiro atoms. The molecule has 1 N–H and O–H groups in total. The lowest BCUT2D eigenvalue weighted by Gasteiger charge is -2.16. The number of carboxylic acid groups (broad SMARTS) is 1. The molecule has 0 aliphatic rings. The van der Waals surface area contributed by atoms with Crippen LogP contribution in [0.3, 0.4) is 0 Å². The fourth-order valence-corrected chi connectivity index (χ4v) is 3.19. The summed E-state index contributed by atoms with van der Waals surface area (Å²) in [4.78, 5) is 11.1. The standard InChI is InChI=1S/C22H28O3/c1-3-5-7-14-20-19(15-10-16-21(20)25-22(23)24)18-13-9-8-12-17(18)11-6-4-2/h8-10,12-13,15-16H,3-7,11,14H2,1-2H3,(H,23,24). The molecule has 0 amide bonds. The van der Waals surface area contributed by atoms with Crippen molar-refractivity contribution in [1.82, 2.24) is 0 Å². The summed E-state index contributed by atoms with van der Waals surface area (Å²) in [6.45, 7) is 4.36. The molecule has 0 saturated carbocycles. The minimum absolute atomic E-state index is 0.464. The summed E-state index contributed by atoms with van der Waals surface area (Å²) in [5, 5.41) is 9.07. The Kier molecular flexibility index (Phi) is 7.52. The highest BCUT2D eigenvalue weighted by molar-refractivity contribution is 5.74. The zero-order chi connectivity index (χ0) is 18.1. The second-order valence-corrected chi connectivity index (χ2v) is 6.37. The highest BCUT2D eigenvalue weighted by atomic mass is 16.7. The molecule has 0 saturated heterocycles. The largest absolute Gasteiger partial charge is 0.511 e. The van der Waals surface area contributed by atoms with E-state index in [-0.39, 0.29) is 0 Å². The van der Waals surface area contributed by atoms with Crippen molar-refractivity contribution in [3.8, 4) is 16.9 Å². The zero-order valence-electron chi connectivity index (χ0n) is 15.3. The smallest absolute Gasteiger partial charge is 0.449 e. The van der Waals surface area contributed by atoms with Gasteiger partial charge >= 0.3 is 6.16 Å². The summed E-state index contributed by atoms with van der Waals surface area (Å²) in [6.07, 6.45) is 6.18. The lowest BCUT2D eigenvalue weighted by Crippen LogP contribution is -2.06. The maximum Gasteiger partial charge on any atom is 0.511 e. The van der Waals surface area contributed by atoms with Crippen molar-refractivity contribution in [1.29, 1.82) is 0 Å². The average molecular weight is 340 g/mol. The Labute approximate surface area is 150 Å². The van der Waals surface area contributed by atoms with Gasteiger partial charge in [-0.1, -0.05) is 69.5 Å². The van der Waals surface area contributed by atoms with Crippen LogP contribution in [0, 0.1) is 0 Å². The average Bonchev–Trinajstić information content (AvgIpc) is 2.61. The maximum atomic E-state index is 11.1. The van der Waals surface area contributed by atoms with E-state index in [1.807, 2.05) is 12.1 Å². The molecule has 2 rings (SSSR count). The number of unbranched alkanes of at least 4 members (excludes halogenated alkanes) is 3. The van der Waals surface area contributed by atoms with Gasteiger partial charge in [-0.05, 0) is 48.4 Å². The Morgan fingerprint density at radius 1 is 0.880 bits per heavy atom. The van der Waals surface area contributed by atoms with Gasteiger partial charge in [-0.3, -0.25) is 0 Å². The van der Waals surface area contributed by atoms with Crippen molar-refractivity contribution >= 4 is 6.16 Å². The summed E-state index contributed by atoms with van der Waals surface area (Å²) in [5.41, 5.74) is 4.61. The summed E-state index contributed by atoms with van der Waals surface area (Å²) in [5.74, 6) is 0.464. The third-order valence-electron chi connectivity index (χ3n) is 4.47. The highest BCUT2D eigenvalue weighted by Gasteiger charge is 2.15. The Bertz CT molecular complexity index is 691. The van der Waals surface area contributed by atoms with E-state index in [0.717, 1.165) is 56.1 Å². The van der Waals surface area contributed by atoms with Crippen molar-refractivity contribution in [3.05, 3.63) is 53.6 Å². The quantitative estimate of drug-likeness (QED) is 0.322. The predicted octanol–water partition coefficient (Wildman–Crippen LogP) is 6.49. The summed E-state index contributed by atoms with van der Waals surface area (Å²) >= 11 is 0. The number of benzene rings is 2. The molecule has 0 unspecified atom stereocenters. The van der Waals surface area contributed by atoms with E-state index in [1.54, 1.807) is 6.07 Å². The van der Waals surface area contributed by atoms with Crippen LogP contribution in [0.2, 0.25) is 0 Å². The van der Waals surface area contributed by atoms with E-state index in [2.05, 4.69) is 38.1 Å². The van der Waals surface area contributed by atoms with Gasteiger partial charge in [0.1, 0.15) is 5.75 Å². The summed E-state index contributed by atoms with van der Waals surface area (Å²) < 4.78 is 5.08. The molecule has 3 nitrogen and oxygen atoms in total. The number of hydrogen-bond acceptors (Lipinski definition) is 2. The molecule has 0 atom stereocenters. The van der Waals surface area contributed by atoms with Gasteiger partial charge in [-0.2, -0.15) is 0 Å². The van der Waals surface area contributed by atoms with E-state index in [1.165, 1.54) is 11.1 Å². The molecule has 0 fully saturated rings. The van der Waals surface area contributed by atoms with Crippen molar-refractivity contribution < 1.29 is 14.6 Å². The fraction of sp³-hybridized carbons (Fsp3) is 0.409. The number of ether oxygens (including phenoxy) is 1. The molecule has 2 aromatic carbocycles. The number of carbonyl (C=O) groups is 1. The van der Waals surface area contributed by atoms with Gasteiger partial charge in [0.25, 0.3) is 0 Å². The third kappa shape index (κ3) is 5.35. The van der Waals surface area contributed by atoms with Crippen LogP contribution in [0.1, 0.15) is 57.1 Å². The first kappa shape index (κ1) is 19.0. The lowest BCUT2D eigenvalue weighted by molar-refractivity contribution is 0.144. The molecule has 25 heavy (non-hydrogen) atoms. The van der Waals surface area contributed by atoms with Crippen LogP contribution in [0.15, 0.2) is 42.5 Å². The molecule has 0 heterocycles. The Balaban J connectivity index is 2.47. The van der Waals surface area contributed by atoms with Crippen LogP contribution < -0.4 is 4.74 Å². The maximum absolute atomic E-state index is 11.1. The molecule has 0 aromatic heterocycles. The minimum Gasteiger partial charge on any atom is -0.449 e. The number of hydrogen-bond donors (Lipinski definition) is 1. The van der Waals surface area contributed by atoms with E-state index in [4.69, 9.17) is 9.84 Å². The Hall–Kier alpha value is -2.29. The molecule has 134 valence electrons. The molecule has 0 bridgehead atoms. The Morgan fingerprint density at radius 3 is 2.32 bits per heavy atom. The molecular weight excluding hydrogens is 312 g/mol. The van der Waals surface area contributed by atoms with Crippen LogP contribution in [0.5, 0.6) is 5.75 Å². The van der Waals surface area contributed by atoms with Crippen LogP contribution in [-0.4, -0.2) is 11.3 Å². The van der Waals surface area contributed by atoms with Gasteiger partial charge in [0, 0.05) is 5.56 Å². The molecule has 0 radical (unpaired) electrons. The normalized spacial score (nSPS) is 10.6. The second kappa shape index (κ2) is 9.87. The van der Waals surface area contributed by atoms with Gasteiger partial charge in [-0.15, -0.1) is 0 Å². The van der Waals surface area contributed by atoms with Crippen molar-refractivity contribution in [3.63, 3.8) is 0 Å². The lowest BCUT2D eigenvalue weighted by atomic mass is 9.90. The van der Waals surface area contributed by atoms with Gasteiger partial charge in [-0.25, -0.2) is 4.79 Å². The van der Waals surface area contributed by atoms with Gasteiger partial charge in [0.15, 0.2) is 0 Å². The monoisotopic (exact) mass is 340 g/mol. The van der Waals surface area contributed by atoms with Gasteiger partial charge < -0.3 is 9.84 Å². The topological polar surface area (TPSA) is 46.5 Å². The van der Waals surface area contributed by atoms with Gasteiger partial charge in [0.2, 0.25) is 0 Å². The summed E-state index contributed by atoms with van der Waals surface area (Å²) in [6, 6.07) is 14.1. The second-order valence-electron chi connectivity index (χ2n) is 6.37. The molecule has 2 aromatic rings. The van der Waals surface area contributed by atoms with Crippen molar-refractivity contribution in [2.45, 2.75) is 58.8 Å². The van der Waals surface area contributed by atoms with Crippen LogP contribution in [0.25, 0.3) is 11.1 Å². The SMILES string of the molecule is CCCCCc1c(OC(=O)O)cccc1-c1ccccc1CCCC. The molecule has 3 heteroatoms. The molecular formula is C22H28O3. The zero-order valence-corrected chi connectivity index (χ0v) is 15.3. The predicted molar refractivity (Wildman–Crippen MR) is 102 cm³/mol. The number of aryl methyl sites for hydroxylation is 1. The van der Waals surface area contributed by atoms with E-state index in [9.17, 15) is 4.79 Å². The molecule has 0 aliphatic heterocycles. The highest BCUT2D eigenvalue weighted by Crippen LogP contribution is 2.34. The van der Waals surface area contributed by atoms with E-state index < -0.39 is 6.16 Å². The Morgan fingerprint density at radius 2 is 1.60 bits per heavy atom. The first-order chi connectivity index (χ1) is 12.2. The van der Waals surface area contributed by atoms with Crippen LogP contribution in [-0.2, 0) is 12.8 Å². The number of rotatable bonds is 9. The molecule has 0 aliphatic carbocycles. The first-order valence-electron chi connectivity index (χ1n) is 9.28. The van der Waals surface area contributed by atoms with Crippen LogP contribution in [0.4, 0.5) is 4.79 Å². The fourth-order valence-electron chi connectivity index (χ4n) is 3.19. The summed E-state index contributed by atoms with van der Waals surface area (Å²) in [7, 11) is 0. The van der Waals surface area contributed by atoms with Gasteiger partial charge in [0.05, 0.1) is 0 Å². The minimum atomic E-state index is -1.26. The van der Waals surface area contributed by atoms with Crippen molar-refractivity contribution in [2.75, 3.05) is 0 Å².